The normalized spacial score (nSPS) is 14.8. The minimum absolute atomic E-state index is 0.155. The molecule has 2 aromatic rings. The topological polar surface area (TPSA) is 39.4 Å². The van der Waals surface area contributed by atoms with Crippen molar-refractivity contribution < 1.29 is 18.4 Å². The molecule has 0 amide bonds. The lowest BCUT2D eigenvalue weighted by atomic mass is 10.1. The summed E-state index contributed by atoms with van der Waals surface area (Å²) >= 11 is 0. The Morgan fingerprint density at radius 2 is 1.86 bits per heavy atom. The van der Waals surface area contributed by atoms with Gasteiger partial charge in [0.2, 0.25) is 5.76 Å². The van der Waals surface area contributed by atoms with Gasteiger partial charge in [0.15, 0.2) is 0 Å². The average Bonchev–Trinajstić information content (AvgIpc) is 2.75. The van der Waals surface area contributed by atoms with Crippen LogP contribution in [0.25, 0.3) is 11.0 Å². The molecule has 0 fully saturated rings. The van der Waals surface area contributed by atoms with E-state index >= 15 is 0 Å². The van der Waals surface area contributed by atoms with Gasteiger partial charge >= 0.3 is 5.97 Å². The highest BCUT2D eigenvalue weighted by atomic mass is 16.6. The molecule has 0 unspecified atom stereocenters. The monoisotopic (exact) mass is 304 g/mol. The maximum Gasteiger partial charge on any atom is 0.374 e. The quantitative estimate of drug-likeness (QED) is 0.625. The zero-order valence-electron chi connectivity index (χ0n) is 14.3. The van der Waals surface area contributed by atoms with E-state index in [1.165, 1.54) is 0 Å². The molecule has 0 aliphatic carbocycles. The number of benzene rings is 1. The van der Waals surface area contributed by atoms with Crippen LogP contribution in [0.5, 0.6) is 0 Å². The third-order valence-electron chi connectivity index (χ3n) is 3.96. The summed E-state index contributed by atoms with van der Waals surface area (Å²) in [6.07, 6.45) is -0.155. The van der Waals surface area contributed by atoms with Crippen LogP contribution in [0.1, 0.15) is 30.0 Å². The molecule has 0 aliphatic rings. The van der Waals surface area contributed by atoms with E-state index in [0.29, 0.717) is 5.76 Å². The van der Waals surface area contributed by atoms with Crippen LogP contribution >= 0.6 is 0 Å². The fraction of sp³-hybridized carbons (Fsp3) is 0.500. The minimum Gasteiger partial charge on any atom is -0.456 e. The van der Waals surface area contributed by atoms with Gasteiger partial charge in [-0.1, -0.05) is 25.1 Å². The predicted octanol–water partition coefficient (Wildman–Crippen LogP) is 3.63. The molecule has 4 heteroatoms. The van der Waals surface area contributed by atoms with Crippen molar-refractivity contribution in [2.24, 2.45) is 5.92 Å². The number of carbonyl (C=O) groups excluding carboxylic acids is 1. The smallest absolute Gasteiger partial charge is 0.374 e. The number of fused-ring (bicyclic) bond motifs is 1. The van der Waals surface area contributed by atoms with Crippen LogP contribution < -0.4 is 0 Å². The Labute approximate surface area is 132 Å². The summed E-state index contributed by atoms with van der Waals surface area (Å²) in [6.45, 7) is 6.87. The first-order valence-electron chi connectivity index (χ1n) is 7.68. The number of quaternary nitrogens is 1. The number of para-hydroxylation sites is 1. The maximum atomic E-state index is 12.4. The molecule has 0 saturated heterocycles. The van der Waals surface area contributed by atoms with E-state index in [2.05, 4.69) is 28.1 Å². The summed E-state index contributed by atoms with van der Waals surface area (Å²) < 4.78 is 12.1. The summed E-state index contributed by atoms with van der Waals surface area (Å²) in [4.78, 5) is 12.4. The maximum absolute atomic E-state index is 12.4. The Morgan fingerprint density at radius 3 is 2.45 bits per heavy atom. The molecule has 2 rings (SSSR count). The van der Waals surface area contributed by atoms with Crippen molar-refractivity contribution in [3.63, 3.8) is 0 Å². The van der Waals surface area contributed by atoms with Crippen LogP contribution in [0, 0.1) is 12.8 Å². The van der Waals surface area contributed by atoms with Gasteiger partial charge in [0.05, 0.1) is 27.7 Å². The first-order valence-corrected chi connectivity index (χ1v) is 7.68. The van der Waals surface area contributed by atoms with Crippen LogP contribution in [-0.2, 0) is 4.74 Å². The SMILES string of the molecule is Cc1c(C(=O)O[C@@H](C)[C@H](C)C[N+](C)(C)C)oc2ccccc12. The van der Waals surface area contributed by atoms with Crippen LogP contribution in [-0.4, -0.2) is 44.2 Å². The number of hydrogen-bond donors (Lipinski definition) is 0. The van der Waals surface area contributed by atoms with E-state index in [0.717, 1.165) is 27.6 Å². The second kappa shape index (κ2) is 6.13. The Kier molecular flexibility index (Phi) is 4.61. The van der Waals surface area contributed by atoms with Crippen LogP contribution in [0.3, 0.4) is 0 Å². The molecular formula is C18H26NO3+. The molecule has 4 nitrogen and oxygen atoms in total. The van der Waals surface area contributed by atoms with Gasteiger partial charge in [-0.3, -0.25) is 0 Å². The molecule has 1 heterocycles. The second-order valence-electron chi connectivity index (χ2n) is 7.11. The highest BCUT2D eigenvalue weighted by molar-refractivity contribution is 5.95. The van der Waals surface area contributed by atoms with Crippen molar-refractivity contribution in [1.29, 1.82) is 0 Å². The van der Waals surface area contributed by atoms with E-state index in [9.17, 15) is 4.79 Å². The molecule has 0 spiro atoms. The summed E-state index contributed by atoms with van der Waals surface area (Å²) in [7, 11) is 6.40. The lowest BCUT2D eigenvalue weighted by molar-refractivity contribution is -0.874. The Morgan fingerprint density at radius 1 is 1.23 bits per heavy atom. The number of rotatable bonds is 5. The molecule has 2 atom stereocenters. The number of carbonyl (C=O) groups is 1. The highest BCUT2D eigenvalue weighted by Crippen LogP contribution is 2.26. The Balaban J connectivity index is 2.12. The molecule has 0 radical (unpaired) electrons. The van der Waals surface area contributed by atoms with Crippen molar-refractivity contribution in [3.8, 4) is 0 Å². The molecular weight excluding hydrogens is 278 g/mol. The van der Waals surface area contributed by atoms with Gasteiger partial charge in [0.25, 0.3) is 0 Å². The zero-order valence-corrected chi connectivity index (χ0v) is 14.3. The Bertz CT molecular complexity index is 667. The van der Waals surface area contributed by atoms with Gasteiger partial charge in [0.1, 0.15) is 11.7 Å². The van der Waals surface area contributed by atoms with Crippen molar-refractivity contribution in [1.82, 2.24) is 0 Å². The molecule has 120 valence electrons. The van der Waals surface area contributed by atoms with Gasteiger partial charge in [-0.05, 0) is 19.9 Å². The van der Waals surface area contributed by atoms with Gasteiger partial charge in [-0.2, -0.15) is 0 Å². The van der Waals surface area contributed by atoms with E-state index in [1.54, 1.807) is 0 Å². The van der Waals surface area contributed by atoms with E-state index in [1.807, 2.05) is 38.1 Å². The molecule has 0 N–H and O–H groups in total. The molecule has 0 aliphatic heterocycles. The largest absolute Gasteiger partial charge is 0.456 e. The van der Waals surface area contributed by atoms with Gasteiger partial charge in [0, 0.05) is 16.9 Å². The number of esters is 1. The summed E-state index contributed by atoms with van der Waals surface area (Å²) in [6, 6.07) is 7.65. The average molecular weight is 304 g/mol. The zero-order chi connectivity index (χ0) is 16.5. The van der Waals surface area contributed by atoms with Crippen molar-refractivity contribution in [2.75, 3.05) is 27.7 Å². The standard InChI is InChI=1S/C18H26NO3/c1-12(11-19(4,5)6)14(3)21-18(20)17-13(2)15-9-7-8-10-16(15)22-17/h7-10,12,14H,11H2,1-6H3/q+1/t12-,14+/m1/s1. The van der Waals surface area contributed by atoms with E-state index in [-0.39, 0.29) is 18.0 Å². The minimum atomic E-state index is -0.380. The molecule has 1 aromatic carbocycles. The fourth-order valence-corrected chi connectivity index (χ4v) is 2.72. The lowest BCUT2D eigenvalue weighted by Crippen LogP contribution is -2.42. The van der Waals surface area contributed by atoms with Crippen molar-refractivity contribution in [3.05, 3.63) is 35.6 Å². The molecule has 1 aromatic heterocycles. The van der Waals surface area contributed by atoms with Crippen LogP contribution in [0.4, 0.5) is 0 Å². The number of nitrogens with zero attached hydrogens (tertiary/aromatic N) is 1. The third-order valence-corrected chi connectivity index (χ3v) is 3.96. The van der Waals surface area contributed by atoms with Crippen LogP contribution in [0.2, 0.25) is 0 Å². The van der Waals surface area contributed by atoms with Crippen molar-refractivity contribution in [2.45, 2.75) is 26.9 Å². The first-order chi connectivity index (χ1) is 10.2. The number of aryl methyl sites for hydroxylation is 1. The summed E-state index contributed by atoms with van der Waals surface area (Å²) in [5.74, 6) is 0.202. The second-order valence-corrected chi connectivity index (χ2v) is 7.11. The van der Waals surface area contributed by atoms with Gasteiger partial charge in [-0.15, -0.1) is 0 Å². The van der Waals surface area contributed by atoms with Crippen LogP contribution in [0.15, 0.2) is 28.7 Å². The summed E-state index contributed by atoms with van der Waals surface area (Å²) in [5, 5.41) is 0.960. The molecule has 0 bridgehead atoms. The Hall–Kier alpha value is -1.81. The molecule has 0 saturated carbocycles. The highest BCUT2D eigenvalue weighted by Gasteiger charge is 2.26. The molecule has 22 heavy (non-hydrogen) atoms. The van der Waals surface area contributed by atoms with Gasteiger partial charge in [-0.25, -0.2) is 4.79 Å². The fourth-order valence-electron chi connectivity index (χ4n) is 2.72. The number of ether oxygens (including phenoxy) is 1. The van der Waals surface area contributed by atoms with Gasteiger partial charge < -0.3 is 13.6 Å². The van der Waals surface area contributed by atoms with E-state index in [4.69, 9.17) is 9.15 Å². The predicted molar refractivity (Wildman–Crippen MR) is 87.9 cm³/mol. The lowest BCUT2D eigenvalue weighted by Gasteiger charge is -2.30. The van der Waals surface area contributed by atoms with E-state index < -0.39 is 0 Å². The third kappa shape index (κ3) is 3.69. The van der Waals surface area contributed by atoms with Crippen molar-refractivity contribution >= 4 is 16.9 Å². The number of furan rings is 1. The summed E-state index contributed by atoms with van der Waals surface area (Å²) in [5.41, 5.74) is 1.56. The first kappa shape index (κ1) is 16.6. The number of hydrogen-bond acceptors (Lipinski definition) is 3.